The van der Waals surface area contributed by atoms with Gasteiger partial charge in [0.05, 0.1) is 5.39 Å². The summed E-state index contributed by atoms with van der Waals surface area (Å²) in [7, 11) is 1.90. The first-order valence-electron chi connectivity index (χ1n) is 7.34. The summed E-state index contributed by atoms with van der Waals surface area (Å²) in [5.74, 6) is 1.65. The normalized spacial score (nSPS) is 12.1. The number of nitrogens with zero attached hydrogens (tertiary/aromatic N) is 2. The quantitative estimate of drug-likeness (QED) is 0.837. The van der Waals surface area contributed by atoms with Gasteiger partial charge in [-0.05, 0) is 31.2 Å². The molecule has 2 aromatic rings. The van der Waals surface area contributed by atoms with Crippen LogP contribution in [0.5, 0.6) is 0 Å². The van der Waals surface area contributed by atoms with Crippen molar-refractivity contribution in [2.24, 2.45) is 5.41 Å². The number of anilines is 1. The first kappa shape index (κ1) is 16.2. The van der Waals surface area contributed by atoms with Crippen LogP contribution in [-0.2, 0) is 11.3 Å². The Morgan fingerprint density at radius 3 is 2.52 bits per heavy atom. The first-order valence-corrected chi connectivity index (χ1v) is 8.15. The maximum absolute atomic E-state index is 5.73. The van der Waals surface area contributed by atoms with Gasteiger partial charge in [0.25, 0.3) is 0 Å². The molecule has 0 fully saturated rings. The lowest BCUT2D eigenvalue weighted by Crippen LogP contribution is -2.10. The number of rotatable bonds is 5. The highest BCUT2D eigenvalue weighted by Gasteiger charge is 2.14. The van der Waals surface area contributed by atoms with Crippen molar-refractivity contribution in [3.05, 3.63) is 16.3 Å². The van der Waals surface area contributed by atoms with Crippen molar-refractivity contribution in [2.75, 3.05) is 19.0 Å². The van der Waals surface area contributed by atoms with Crippen LogP contribution in [0.2, 0.25) is 0 Å². The van der Waals surface area contributed by atoms with Gasteiger partial charge in [0.15, 0.2) is 5.82 Å². The minimum Gasteiger partial charge on any atom is -0.373 e. The van der Waals surface area contributed by atoms with E-state index in [1.807, 2.05) is 7.05 Å². The van der Waals surface area contributed by atoms with Crippen molar-refractivity contribution in [1.29, 1.82) is 0 Å². The molecule has 0 spiro atoms. The Balaban J connectivity index is 2.14. The topological polar surface area (TPSA) is 47.0 Å². The molecule has 0 saturated carbocycles. The molecule has 0 aromatic carbocycles. The van der Waals surface area contributed by atoms with E-state index in [0.29, 0.717) is 12.0 Å². The van der Waals surface area contributed by atoms with Gasteiger partial charge in [0.2, 0.25) is 0 Å². The first-order chi connectivity index (χ1) is 9.81. The van der Waals surface area contributed by atoms with Gasteiger partial charge in [-0.1, -0.05) is 20.8 Å². The van der Waals surface area contributed by atoms with Gasteiger partial charge < -0.3 is 10.1 Å². The fourth-order valence-corrected chi connectivity index (χ4v) is 3.13. The molecular weight excluding hydrogens is 282 g/mol. The van der Waals surface area contributed by atoms with E-state index in [1.54, 1.807) is 11.3 Å². The van der Waals surface area contributed by atoms with E-state index in [4.69, 9.17) is 4.74 Å². The van der Waals surface area contributed by atoms with Crippen LogP contribution in [0, 0.1) is 19.3 Å². The van der Waals surface area contributed by atoms with Crippen molar-refractivity contribution in [3.8, 4) is 0 Å². The maximum Gasteiger partial charge on any atom is 0.158 e. The second-order valence-corrected chi connectivity index (χ2v) is 7.77. The van der Waals surface area contributed by atoms with Crippen molar-refractivity contribution in [3.63, 3.8) is 0 Å². The summed E-state index contributed by atoms with van der Waals surface area (Å²) in [5.41, 5.74) is 1.56. The van der Waals surface area contributed by atoms with E-state index in [-0.39, 0.29) is 0 Å². The smallest absolute Gasteiger partial charge is 0.158 e. The molecule has 0 saturated heterocycles. The number of hydrogen-bond donors (Lipinski definition) is 1. The molecule has 2 aromatic heterocycles. The molecule has 0 radical (unpaired) electrons. The standard InChI is InChI=1S/C16H25N3OS/c1-10-11(2)21-15-13(10)14(17-6)18-12(19-15)9-20-8-7-16(3,4)5/h7-9H2,1-6H3,(H,17,18,19). The molecule has 2 rings (SSSR count). The molecule has 0 aliphatic carbocycles. The van der Waals surface area contributed by atoms with E-state index in [9.17, 15) is 0 Å². The van der Waals surface area contributed by atoms with Gasteiger partial charge in [-0.25, -0.2) is 9.97 Å². The Hall–Kier alpha value is -1.20. The molecule has 1 N–H and O–H groups in total. The lowest BCUT2D eigenvalue weighted by Gasteiger charge is -2.17. The molecule has 0 aliphatic heterocycles. The minimum atomic E-state index is 0.295. The zero-order valence-electron chi connectivity index (χ0n) is 13.8. The summed E-state index contributed by atoms with van der Waals surface area (Å²) in [4.78, 5) is 11.6. The zero-order chi connectivity index (χ0) is 15.6. The van der Waals surface area contributed by atoms with Crippen LogP contribution in [0.25, 0.3) is 10.2 Å². The summed E-state index contributed by atoms with van der Waals surface area (Å²) in [6.45, 7) is 12.1. The average molecular weight is 307 g/mol. The Morgan fingerprint density at radius 2 is 1.90 bits per heavy atom. The highest BCUT2D eigenvalue weighted by molar-refractivity contribution is 7.18. The molecular formula is C16H25N3OS. The second kappa shape index (κ2) is 6.28. The zero-order valence-corrected chi connectivity index (χ0v) is 14.6. The van der Waals surface area contributed by atoms with E-state index >= 15 is 0 Å². The van der Waals surface area contributed by atoms with Gasteiger partial charge in [-0.15, -0.1) is 11.3 Å². The van der Waals surface area contributed by atoms with Crippen LogP contribution >= 0.6 is 11.3 Å². The molecule has 4 nitrogen and oxygen atoms in total. The van der Waals surface area contributed by atoms with Crippen LogP contribution in [0.15, 0.2) is 0 Å². The van der Waals surface area contributed by atoms with Crippen LogP contribution < -0.4 is 5.32 Å². The molecule has 21 heavy (non-hydrogen) atoms. The summed E-state index contributed by atoms with van der Waals surface area (Å²) in [6, 6.07) is 0. The van der Waals surface area contributed by atoms with Gasteiger partial charge in [-0.2, -0.15) is 0 Å². The maximum atomic E-state index is 5.73. The fourth-order valence-electron chi connectivity index (χ4n) is 2.08. The molecule has 0 amide bonds. The lowest BCUT2D eigenvalue weighted by atomic mass is 9.93. The molecule has 0 aliphatic rings. The lowest BCUT2D eigenvalue weighted by molar-refractivity contribution is 0.0920. The number of aromatic nitrogens is 2. The van der Waals surface area contributed by atoms with Crippen molar-refractivity contribution in [2.45, 2.75) is 47.6 Å². The Bertz CT molecular complexity index is 628. The number of aryl methyl sites for hydroxylation is 2. The number of nitrogens with one attached hydrogen (secondary N) is 1. The SMILES string of the molecule is CNc1nc(COCCC(C)(C)C)nc2sc(C)c(C)c12. The van der Waals surface area contributed by atoms with E-state index in [0.717, 1.165) is 34.9 Å². The number of ether oxygens (including phenoxy) is 1. The summed E-state index contributed by atoms with van der Waals surface area (Å²) in [5, 5.41) is 4.32. The predicted molar refractivity (Wildman–Crippen MR) is 90.2 cm³/mol. The van der Waals surface area contributed by atoms with Crippen LogP contribution in [0.4, 0.5) is 5.82 Å². The number of hydrogen-bond acceptors (Lipinski definition) is 5. The third-order valence-corrected chi connectivity index (χ3v) is 4.64. The van der Waals surface area contributed by atoms with Gasteiger partial charge >= 0.3 is 0 Å². The second-order valence-electron chi connectivity index (χ2n) is 6.57. The highest BCUT2D eigenvalue weighted by Crippen LogP contribution is 2.33. The number of thiophene rings is 1. The van der Waals surface area contributed by atoms with E-state index in [1.165, 1.54) is 10.4 Å². The van der Waals surface area contributed by atoms with Gasteiger partial charge in [0.1, 0.15) is 17.3 Å². The molecule has 116 valence electrons. The van der Waals surface area contributed by atoms with Crippen molar-refractivity contribution in [1.82, 2.24) is 9.97 Å². The monoisotopic (exact) mass is 307 g/mol. The summed E-state index contributed by atoms with van der Waals surface area (Å²) < 4.78 is 5.73. The third kappa shape index (κ3) is 3.92. The third-order valence-electron chi connectivity index (χ3n) is 3.54. The van der Waals surface area contributed by atoms with E-state index < -0.39 is 0 Å². The minimum absolute atomic E-state index is 0.295. The highest BCUT2D eigenvalue weighted by atomic mass is 32.1. The molecule has 2 heterocycles. The molecule has 0 bridgehead atoms. The fraction of sp³-hybridized carbons (Fsp3) is 0.625. The van der Waals surface area contributed by atoms with Crippen LogP contribution in [-0.4, -0.2) is 23.6 Å². The summed E-state index contributed by atoms with van der Waals surface area (Å²) >= 11 is 1.72. The average Bonchev–Trinajstić information content (AvgIpc) is 2.68. The largest absolute Gasteiger partial charge is 0.373 e. The number of fused-ring (bicyclic) bond motifs is 1. The Labute approximate surface area is 131 Å². The molecule has 0 unspecified atom stereocenters. The Kier molecular flexibility index (Phi) is 4.84. The van der Waals surface area contributed by atoms with Crippen LogP contribution in [0.1, 0.15) is 43.5 Å². The summed E-state index contributed by atoms with van der Waals surface area (Å²) in [6.07, 6.45) is 1.03. The van der Waals surface area contributed by atoms with E-state index in [2.05, 4.69) is 49.9 Å². The Morgan fingerprint density at radius 1 is 1.19 bits per heavy atom. The van der Waals surface area contributed by atoms with Crippen LogP contribution in [0.3, 0.4) is 0 Å². The van der Waals surface area contributed by atoms with Gasteiger partial charge in [0, 0.05) is 18.5 Å². The van der Waals surface area contributed by atoms with Gasteiger partial charge in [-0.3, -0.25) is 0 Å². The molecule has 0 atom stereocenters. The molecule has 5 heteroatoms. The van der Waals surface area contributed by atoms with Crippen molar-refractivity contribution >= 4 is 27.4 Å². The van der Waals surface area contributed by atoms with Crippen molar-refractivity contribution < 1.29 is 4.74 Å². The predicted octanol–water partition coefficient (Wildman–Crippen LogP) is 4.30.